The van der Waals surface area contributed by atoms with Gasteiger partial charge in [0.05, 0.1) is 5.41 Å². The maximum atomic E-state index is 11.7. The summed E-state index contributed by atoms with van der Waals surface area (Å²) in [5.41, 5.74) is 0.773. The van der Waals surface area contributed by atoms with Crippen molar-refractivity contribution < 1.29 is 14.6 Å². The van der Waals surface area contributed by atoms with E-state index in [2.05, 4.69) is 16.3 Å². The lowest BCUT2D eigenvalue weighted by atomic mass is 9.79. The molecule has 5 heteroatoms. The fourth-order valence-electron chi connectivity index (χ4n) is 3.07. The molecule has 3 heterocycles. The van der Waals surface area contributed by atoms with Crippen LogP contribution in [0.2, 0.25) is 0 Å². The molecule has 0 bridgehead atoms. The van der Waals surface area contributed by atoms with E-state index in [0.717, 1.165) is 19.5 Å². The van der Waals surface area contributed by atoms with Crippen molar-refractivity contribution in [2.24, 2.45) is 5.41 Å². The molecule has 1 fully saturated rings. The van der Waals surface area contributed by atoms with Crippen LogP contribution in [0.3, 0.4) is 0 Å². The number of ether oxygens (including phenoxy) is 1. The Balaban J connectivity index is 1.71. The highest BCUT2D eigenvalue weighted by molar-refractivity contribution is 7.10. The molecule has 0 spiro atoms. The van der Waals surface area contributed by atoms with Gasteiger partial charge in [-0.1, -0.05) is 0 Å². The average molecular weight is 281 g/mol. The highest BCUT2D eigenvalue weighted by atomic mass is 32.1. The molecule has 1 N–H and O–H groups in total. The van der Waals surface area contributed by atoms with E-state index in [4.69, 9.17) is 4.74 Å². The fraction of sp³-hybridized carbons (Fsp3) is 0.643. The maximum absolute atomic E-state index is 11.7. The quantitative estimate of drug-likeness (QED) is 0.920. The van der Waals surface area contributed by atoms with Gasteiger partial charge in [0.2, 0.25) is 0 Å². The zero-order valence-corrected chi connectivity index (χ0v) is 11.7. The van der Waals surface area contributed by atoms with Gasteiger partial charge in [0.15, 0.2) is 0 Å². The van der Waals surface area contributed by atoms with Crippen LogP contribution in [0.5, 0.6) is 0 Å². The van der Waals surface area contributed by atoms with Crippen molar-refractivity contribution in [3.8, 4) is 0 Å². The SMILES string of the molecule is O=C(O)C1(CN2CCc3sccc3C2)CCOCC1. The van der Waals surface area contributed by atoms with E-state index in [1.165, 1.54) is 10.4 Å². The number of rotatable bonds is 3. The predicted molar refractivity (Wildman–Crippen MR) is 73.4 cm³/mol. The number of nitrogens with zero attached hydrogens (tertiary/aromatic N) is 1. The maximum Gasteiger partial charge on any atom is 0.311 e. The molecule has 0 amide bonds. The van der Waals surface area contributed by atoms with Crippen LogP contribution in [0.1, 0.15) is 23.3 Å². The van der Waals surface area contributed by atoms with Gasteiger partial charge in [-0.05, 0) is 36.3 Å². The third-order valence-corrected chi connectivity index (χ3v) is 5.34. The van der Waals surface area contributed by atoms with Crippen LogP contribution in [0.4, 0.5) is 0 Å². The summed E-state index contributed by atoms with van der Waals surface area (Å²) in [5.74, 6) is -0.660. The minimum atomic E-state index is -0.660. The average Bonchev–Trinajstić information content (AvgIpc) is 2.87. The Morgan fingerprint density at radius 2 is 2.26 bits per heavy atom. The first kappa shape index (κ1) is 13.1. The normalized spacial score (nSPS) is 22.9. The van der Waals surface area contributed by atoms with Crippen molar-refractivity contribution in [1.82, 2.24) is 4.90 Å². The molecule has 2 aliphatic heterocycles. The highest BCUT2D eigenvalue weighted by Gasteiger charge is 2.42. The summed E-state index contributed by atoms with van der Waals surface area (Å²) in [5, 5.41) is 11.7. The summed E-state index contributed by atoms with van der Waals surface area (Å²) in [4.78, 5) is 15.4. The second-order valence-electron chi connectivity index (χ2n) is 5.53. The summed E-state index contributed by atoms with van der Waals surface area (Å²) in [6, 6.07) is 2.17. The number of carbonyl (C=O) groups is 1. The van der Waals surface area contributed by atoms with Crippen LogP contribution < -0.4 is 0 Å². The molecule has 0 aromatic carbocycles. The first-order valence-electron chi connectivity index (χ1n) is 6.78. The van der Waals surface area contributed by atoms with Crippen molar-refractivity contribution in [3.05, 3.63) is 21.9 Å². The number of hydrogen-bond acceptors (Lipinski definition) is 4. The van der Waals surface area contributed by atoms with E-state index in [-0.39, 0.29) is 0 Å². The molecule has 0 unspecified atom stereocenters. The minimum Gasteiger partial charge on any atom is -0.481 e. The molecule has 2 aliphatic rings. The number of fused-ring (bicyclic) bond motifs is 1. The zero-order chi connectivity index (χ0) is 13.3. The summed E-state index contributed by atoms with van der Waals surface area (Å²) in [7, 11) is 0. The third-order valence-electron chi connectivity index (χ3n) is 4.32. The van der Waals surface area contributed by atoms with Crippen LogP contribution in [0.15, 0.2) is 11.4 Å². The smallest absolute Gasteiger partial charge is 0.311 e. The van der Waals surface area contributed by atoms with Crippen molar-refractivity contribution in [2.45, 2.75) is 25.8 Å². The van der Waals surface area contributed by atoms with Crippen molar-refractivity contribution in [2.75, 3.05) is 26.3 Å². The van der Waals surface area contributed by atoms with Gasteiger partial charge in [0, 0.05) is 37.7 Å². The van der Waals surface area contributed by atoms with E-state index in [1.807, 2.05) is 11.3 Å². The van der Waals surface area contributed by atoms with E-state index in [1.54, 1.807) is 0 Å². The van der Waals surface area contributed by atoms with E-state index >= 15 is 0 Å². The molecule has 0 atom stereocenters. The molecule has 3 rings (SSSR count). The molecular weight excluding hydrogens is 262 g/mol. The zero-order valence-electron chi connectivity index (χ0n) is 10.9. The molecular formula is C14H19NO3S. The van der Waals surface area contributed by atoms with Crippen LogP contribution >= 0.6 is 11.3 Å². The number of thiophene rings is 1. The Kier molecular flexibility index (Phi) is 3.60. The topological polar surface area (TPSA) is 49.8 Å². The van der Waals surface area contributed by atoms with Gasteiger partial charge >= 0.3 is 5.97 Å². The standard InChI is InChI=1S/C14H19NO3S/c16-13(17)14(3-6-18-7-4-14)10-15-5-1-12-11(9-15)2-8-19-12/h2,8H,1,3-7,9-10H2,(H,16,17). The Morgan fingerprint density at radius 1 is 1.47 bits per heavy atom. The first-order chi connectivity index (χ1) is 9.20. The molecule has 1 aromatic heterocycles. The molecule has 0 saturated carbocycles. The molecule has 104 valence electrons. The molecule has 4 nitrogen and oxygen atoms in total. The van der Waals surface area contributed by atoms with E-state index < -0.39 is 11.4 Å². The van der Waals surface area contributed by atoms with Gasteiger partial charge < -0.3 is 9.84 Å². The molecule has 0 aliphatic carbocycles. The lowest BCUT2D eigenvalue weighted by molar-refractivity contribution is -0.156. The van der Waals surface area contributed by atoms with Gasteiger partial charge in [0.1, 0.15) is 0 Å². The number of aliphatic carboxylic acids is 1. The largest absolute Gasteiger partial charge is 0.481 e. The summed E-state index contributed by atoms with van der Waals surface area (Å²) in [6.07, 6.45) is 2.32. The van der Waals surface area contributed by atoms with Gasteiger partial charge in [-0.15, -0.1) is 11.3 Å². The second-order valence-corrected chi connectivity index (χ2v) is 6.53. The van der Waals surface area contributed by atoms with Crippen LogP contribution in [-0.4, -0.2) is 42.3 Å². The van der Waals surface area contributed by atoms with E-state index in [9.17, 15) is 9.90 Å². The lowest BCUT2D eigenvalue weighted by Crippen LogP contribution is -2.47. The number of hydrogen-bond donors (Lipinski definition) is 1. The van der Waals surface area contributed by atoms with Crippen molar-refractivity contribution in [1.29, 1.82) is 0 Å². The van der Waals surface area contributed by atoms with Gasteiger partial charge in [-0.2, -0.15) is 0 Å². The summed E-state index contributed by atoms with van der Waals surface area (Å²) >= 11 is 1.82. The van der Waals surface area contributed by atoms with Crippen LogP contribution in [0.25, 0.3) is 0 Å². The monoisotopic (exact) mass is 281 g/mol. The number of carboxylic acids is 1. The van der Waals surface area contributed by atoms with Crippen molar-refractivity contribution in [3.63, 3.8) is 0 Å². The minimum absolute atomic E-state index is 0.573. The lowest BCUT2D eigenvalue weighted by Gasteiger charge is -2.38. The predicted octanol–water partition coefficient (Wildman–Crippen LogP) is 1.99. The van der Waals surface area contributed by atoms with Crippen molar-refractivity contribution >= 4 is 17.3 Å². The molecule has 1 aromatic rings. The van der Waals surface area contributed by atoms with Gasteiger partial charge in [-0.25, -0.2) is 0 Å². The fourth-order valence-corrected chi connectivity index (χ4v) is 3.96. The Hall–Kier alpha value is -0.910. The molecule has 1 saturated heterocycles. The number of carboxylic acid groups (broad SMARTS) is 1. The first-order valence-corrected chi connectivity index (χ1v) is 7.66. The summed E-state index contributed by atoms with van der Waals surface area (Å²) < 4.78 is 5.33. The molecule has 19 heavy (non-hydrogen) atoms. The van der Waals surface area contributed by atoms with Crippen LogP contribution in [0, 0.1) is 5.41 Å². The second kappa shape index (κ2) is 5.23. The Labute approximate surface area is 117 Å². The van der Waals surface area contributed by atoms with Crippen LogP contribution in [-0.2, 0) is 22.5 Å². The third kappa shape index (κ3) is 2.55. The Bertz CT molecular complexity index is 465. The highest BCUT2D eigenvalue weighted by Crippen LogP contribution is 2.34. The van der Waals surface area contributed by atoms with Gasteiger partial charge in [0.25, 0.3) is 0 Å². The van der Waals surface area contributed by atoms with Gasteiger partial charge in [-0.3, -0.25) is 9.69 Å². The van der Waals surface area contributed by atoms with E-state index in [0.29, 0.717) is 32.6 Å². The summed E-state index contributed by atoms with van der Waals surface area (Å²) in [6.45, 7) is 3.67. The molecule has 0 radical (unpaired) electrons. The Morgan fingerprint density at radius 3 is 3.00 bits per heavy atom.